The van der Waals surface area contributed by atoms with Gasteiger partial charge in [-0.1, -0.05) is 48.5 Å². The molecule has 3 aliphatic heterocycles. The molecule has 0 radical (unpaired) electrons. The molecule has 2 amide bonds. The number of nitrogens with zero attached hydrogens (tertiary/aromatic N) is 7. The summed E-state index contributed by atoms with van der Waals surface area (Å²) in [6.45, 7) is 11.7. The fourth-order valence-electron chi connectivity index (χ4n) is 10.8. The number of benzene rings is 4. The molecule has 4 aromatic carbocycles. The minimum absolute atomic E-state index is 0.0170. The number of piperazine rings is 2. The smallest absolute Gasteiger partial charge is 0.246 e. The maximum absolute atomic E-state index is 17.4. The molecule has 1 aliphatic carbocycles. The molecule has 0 spiro atoms. The first-order valence-electron chi connectivity index (χ1n) is 22.9. The molecule has 5 heterocycles. The Balaban J connectivity index is 1.07. The van der Waals surface area contributed by atoms with Crippen LogP contribution in [0.25, 0.3) is 44.1 Å². The lowest BCUT2D eigenvalue weighted by molar-refractivity contribution is -0.127. The van der Waals surface area contributed by atoms with Crippen LogP contribution in [0.15, 0.2) is 67.8 Å². The van der Waals surface area contributed by atoms with E-state index in [1.54, 1.807) is 15.9 Å². The van der Waals surface area contributed by atoms with Gasteiger partial charge in [-0.05, 0) is 85.8 Å². The van der Waals surface area contributed by atoms with Crippen molar-refractivity contribution in [3.63, 3.8) is 0 Å². The van der Waals surface area contributed by atoms with Gasteiger partial charge in [0.05, 0.1) is 32.5 Å². The highest BCUT2D eigenvalue weighted by Crippen LogP contribution is 2.50. The fraction of sp³-hybridized carbons (Fsp3) is 0.308. The first-order chi connectivity index (χ1) is 33.2. The van der Waals surface area contributed by atoms with Crippen molar-refractivity contribution in [1.29, 1.82) is 0 Å². The number of hydrogen-bond acceptors (Lipinski definition) is 9. The number of aromatic hydroxyl groups is 2. The Morgan fingerprint density at radius 1 is 0.681 bits per heavy atom. The monoisotopic (exact) mass is 979 g/mol. The number of phenols is 2. The summed E-state index contributed by atoms with van der Waals surface area (Å²) in [5.41, 5.74) is 2.89. The highest BCUT2D eigenvalue weighted by molar-refractivity contribution is 6.35. The van der Waals surface area contributed by atoms with Crippen molar-refractivity contribution >= 4 is 68.2 Å². The van der Waals surface area contributed by atoms with E-state index in [-0.39, 0.29) is 50.4 Å². The highest BCUT2D eigenvalue weighted by atomic mass is 35.5. The Hall–Kier alpha value is -6.42. The average Bonchev–Trinajstić information content (AvgIpc) is 3.34. The Kier molecular flexibility index (Phi) is 12.2. The molecule has 356 valence electrons. The maximum atomic E-state index is 17.4. The van der Waals surface area contributed by atoms with Crippen LogP contribution >= 0.6 is 23.2 Å². The van der Waals surface area contributed by atoms with Gasteiger partial charge in [-0.15, -0.1) is 0 Å². The molecule has 2 N–H and O–H groups in total. The third kappa shape index (κ3) is 7.88. The van der Waals surface area contributed by atoms with Gasteiger partial charge in [-0.25, -0.2) is 27.5 Å². The molecule has 2 aromatic heterocycles. The second-order valence-corrected chi connectivity index (χ2v) is 18.9. The molecule has 2 saturated heterocycles. The van der Waals surface area contributed by atoms with Crippen LogP contribution in [0.3, 0.4) is 0 Å². The van der Waals surface area contributed by atoms with Crippen LogP contribution in [0.2, 0.25) is 10.0 Å². The predicted octanol–water partition coefficient (Wildman–Crippen LogP) is 9.32. The average molecular weight is 981 g/mol. The van der Waals surface area contributed by atoms with E-state index in [1.165, 1.54) is 42.5 Å². The van der Waals surface area contributed by atoms with E-state index in [0.717, 1.165) is 22.9 Å². The maximum Gasteiger partial charge on any atom is 0.246 e. The summed E-state index contributed by atoms with van der Waals surface area (Å²) in [5.74, 6) is -5.56. The van der Waals surface area contributed by atoms with E-state index in [0.29, 0.717) is 118 Å². The van der Waals surface area contributed by atoms with Crippen LogP contribution in [0, 0.1) is 23.3 Å². The van der Waals surface area contributed by atoms with Gasteiger partial charge in [0.2, 0.25) is 11.8 Å². The van der Waals surface area contributed by atoms with E-state index in [2.05, 4.69) is 23.0 Å². The first-order valence-corrected chi connectivity index (χ1v) is 23.6. The molecule has 0 saturated carbocycles. The number of anilines is 2. The van der Waals surface area contributed by atoms with Crippen molar-refractivity contribution in [3.05, 3.63) is 129 Å². The highest BCUT2D eigenvalue weighted by Gasteiger charge is 2.36. The van der Waals surface area contributed by atoms with E-state index in [1.807, 2.05) is 11.9 Å². The zero-order valence-electron chi connectivity index (χ0n) is 37.7. The van der Waals surface area contributed by atoms with Crippen LogP contribution in [0.1, 0.15) is 40.4 Å². The lowest BCUT2D eigenvalue weighted by Gasteiger charge is -2.39. The summed E-state index contributed by atoms with van der Waals surface area (Å²) < 4.78 is 66.2. The van der Waals surface area contributed by atoms with Crippen LogP contribution in [0.5, 0.6) is 11.5 Å². The van der Waals surface area contributed by atoms with Gasteiger partial charge in [-0.3, -0.25) is 9.59 Å². The fourth-order valence-corrected chi connectivity index (χ4v) is 11.4. The van der Waals surface area contributed by atoms with Gasteiger partial charge in [-0.2, -0.15) is 0 Å². The predicted molar refractivity (Wildman–Crippen MR) is 260 cm³/mol. The van der Waals surface area contributed by atoms with Crippen molar-refractivity contribution in [3.8, 4) is 33.8 Å². The van der Waals surface area contributed by atoms with Gasteiger partial charge in [0, 0.05) is 111 Å². The quantitative estimate of drug-likeness (QED) is 0.119. The number of fused-ring (bicyclic) bond motifs is 4. The molecule has 17 heteroatoms. The van der Waals surface area contributed by atoms with E-state index in [9.17, 15) is 19.8 Å². The van der Waals surface area contributed by atoms with Gasteiger partial charge >= 0.3 is 0 Å². The number of amides is 2. The molecule has 2 fully saturated rings. The number of carbonyl (C=O) groups excluding carboxylic acids is 2. The summed E-state index contributed by atoms with van der Waals surface area (Å²) in [7, 11) is 2.00. The van der Waals surface area contributed by atoms with E-state index >= 15 is 17.6 Å². The molecule has 0 bridgehead atoms. The van der Waals surface area contributed by atoms with Crippen LogP contribution in [0.4, 0.5) is 28.9 Å². The zero-order chi connectivity index (χ0) is 48.6. The van der Waals surface area contributed by atoms with Gasteiger partial charge in [0.25, 0.3) is 0 Å². The van der Waals surface area contributed by atoms with Crippen LogP contribution < -0.4 is 9.80 Å². The molecule has 11 nitrogen and oxygen atoms in total. The third-order valence-corrected chi connectivity index (χ3v) is 14.8. The number of pyridine rings is 2. The summed E-state index contributed by atoms with van der Waals surface area (Å²) in [6.07, 6.45) is 4.01. The summed E-state index contributed by atoms with van der Waals surface area (Å²) in [5, 5.41) is 23.4. The number of rotatable bonds is 7. The number of phenolic OH excluding ortho intramolecular Hbond substituents is 2. The number of carbonyl (C=O) groups is 2. The summed E-state index contributed by atoms with van der Waals surface area (Å²) >= 11 is 13.8. The Bertz CT molecular complexity index is 3150. The Labute approximate surface area is 405 Å². The molecule has 6 aromatic rings. The number of hydrogen-bond donors (Lipinski definition) is 2. The second-order valence-electron chi connectivity index (χ2n) is 18.1. The summed E-state index contributed by atoms with van der Waals surface area (Å²) in [6, 6.07) is 9.34. The largest absolute Gasteiger partial charge is 0.507 e. The van der Waals surface area contributed by atoms with Crippen molar-refractivity contribution in [1.82, 2.24) is 24.7 Å². The molecular formula is C52H47Cl2F4N7O4. The minimum atomic E-state index is -0.951. The lowest BCUT2D eigenvalue weighted by Crippen LogP contribution is -2.49. The number of halogens is 6. The lowest BCUT2D eigenvalue weighted by atomic mass is 9.79. The first kappa shape index (κ1) is 46.3. The summed E-state index contributed by atoms with van der Waals surface area (Å²) in [4.78, 5) is 44.4. The van der Waals surface area contributed by atoms with Crippen LogP contribution in [-0.2, 0) is 35.4 Å². The zero-order valence-corrected chi connectivity index (χ0v) is 39.2. The van der Waals surface area contributed by atoms with Crippen molar-refractivity contribution in [2.45, 2.75) is 38.1 Å². The van der Waals surface area contributed by atoms with Gasteiger partial charge < -0.3 is 34.7 Å². The number of likely N-dealkylation sites (N-methyl/N-ethyl adjacent to an activating group) is 1. The molecule has 1 unspecified atom stereocenters. The Morgan fingerprint density at radius 3 is 1.78 bits per heavy atom. The minimum Gasteiger partial charge on any atom is -0.507 e. The van der Waals surface area contributed by atoms with Crippen LogP contribution in [-0.4, -0.2) is 113 Å². The third-order valence-electron chi connectivity index (χ3n) is 14.3. The van der Waals surface area contributed by atoms with Gasteiger partial charge in [0.1, 0.15) is 34.2 Å². The normalized spacial score (nSPS) is 17.6. The standard InChI is InChI=1S/C52H47Cl2F4N7O4/c1-4-40(67)62-15-19-64(20-16-62)50-29-10-9-27(23-38(29)60-49-30(50)24-33(53)42(46(49)57)44-35(55)7-6-8-39(44)66)28-11-12-36(56)45(52(28)69)43-34(54)25-31-48(47(43)58)59-37-13-14-61(3)26-32(37)51(31)65-21-17-63(18-22-65)41(68)5-2/h4-8,11-12,24-25,27,66,69H,1-2,9-10,13-23,26H2,3H3. The van der Waals surface area contributed by atoms with E-state index < -0.39 is 51.8 Å². The van der Waals surface area contributed by atoms with Crippen molar-refractivity contribution in [2.75, 3.05) is 75.8 Å². The van der Waals surface area contributed by atoms with Gasteiger partial charge in [0.15, 0.2) is 11.6 Å². The van der Waals surface area contributed by atoms with Crippen molar-refractivity contribution < 1.29 is 37.4 Å². The topological polar surface area (TPSA) is 117 Å². The SMILES string of the molecule is C=CC(=O)N1CCN(c2c3c(nc4c(F)c(-c5c(O)cccc5F)c(Cl)cc24)CC(c2ccc(F)c(-c4c(Cl)cc5c(N6CCN(C(=O)C=C)CC6)c6c(nc5c4F)CCN(C)C6)c2O)CC3)CC1. The molecule has 1 atom stereocenters. The Morgan fingerprint density at radius 2 is 1.22 bits per heavy atom. The molecule has 69 heavy (non-hydrogen) atoms. The van der Waals surface area contributed by atoms with E-state index in [4.69, 9.17) is 33.2 Å². The second kappa shape index (κ2) is 18.2. The molecular weight excluding hydrogens is 934 g/mol. The molecule has 10 rings (SSSR count). The number of aromatic nitrogens is 2. The van der Waals surface area contributed by atoms with Crippen molar-refractivity contribution in [2.24, 2.45) is 0 Å². The molecule has 4 aliphatic rings.